The van der Waals surface area contributed by atoms with E-state index in [1.807, 2.05) is 66.9 Å². The number of aromatic nitrogens is 1. The van der Waals surface area contributed by atoms with Gasteiger partial charge < -0.3 is 19.2 Å². The number of hydrogen-bond acceptors (Lipinski definition) is 5. The van der Waals surface area contributed by atoms with Gasteiger partial charge in [-0.3, -0.25) is 9.59 Å². The molecule has 5 rings (SSSR count). The quantitative estimate of drug-likeness (QED) is 0.266. The van der Waals surface area contributed by atoms with Crippen LogP contribution in [0.4, 0.5) is 0 Å². The molecule has 3 aromatic carbocycles. The maximum Gasteiger partial charge on any atom is 0.324 e. The second kappa shape index (κ2) is 9.12. The van der Waals surface area contributed by atoms with Crippen molar-refractivity contribution in [1.82, 2.24) is 4.98 Å². The topological polar surface area (TPSA) is 77.6 Å². The summed E-state index contributed by atoms with van der Waals surface area (Å²) < 4.78 is 17.2. The Hall–Kier alpha value is -3.77. The van der Waals surface area contributed by atoms with Crippen LogP contribution in [-0.4, -0.2) is 22.7 Å². The minimum Gasteiger partial charge on any atom is -0.489 e. The Bertz CT molecular complexity index is 1370. The van der Waals surface area contributed by atoms with Crippen LogP contribution < -0.4 is 4.74 Å². The van der Waals surface area contributed by atoms with Gasteiger partial charge in [-0.2, -0.15) is 0 Å². The number of para-hydroxylation sites is 2. The van der Waals surface area contributed by atoms with E-state index in [4.69, 9.17) is 25.8 Å². The molecule has 1 atom stereocenters. The summed E-state index contributed by atoms with van der Waals surface area (Å²) in [6, 6.07) is 22.5. The molecule has 0 radical (unpaired) electrons. The van der Waals surface area contributed by atoms with Gasteiger partial charge in [0.2, 0.25) is 0 Å². The lowest BCUT2D eigenvalue weighted by atomic mass is 9.79. The maximum absolute atomic E-state index is 13.2. The zero-order chi connectivity index (χ0) is 24.6. The number of carbonyl (C=O) groups excluding carboxylic acids is 2. The lowest BCUT2D eigenvalue weighted by Crippen LogP contribution is -2.48. The summed E-state index contributed by atoms with van der Waals surface area (Å²) in [5.41, 5.74) is 3.29. The average Bonchev–Trinajstić information content (AvgIpc) is 3.24. The van der Waals surface area contributed by atoms with Gasteiger partial charge in [0.25, 0.3) is 5.79 Å². The first-order chi connectivity index (χ1) is 16.8. The number of H-pyrrole nitrogens is 1. The molecule has 6 nitrogen and oxygen atoms in total. The van der Waals surface area contributed by atoms with Gasteiger partial charge in [0, 0.05) is 47.5 Å². The molecule has 0 unspecified atom stereocenters. The predicted molar refractivity (Wildman–Crippen MR) is 132 cm³/mol. The van der Waals surface area contributed by atoms with Crippen molar-refractivity contribution in [1.29, 1.82) is 0 Å². The molecule has 1 fully saturated rings. The van der Waals surface area contributed by atoms with E-state index < -0.39 is 29.6 Å². The number of fused-ring (bicyclic) bond motifs is 1. The fourth-order valence-electron chi connectivity index (χ4n) is 4.49. The summed E-state index contributed by atoms with van der Waals surface area (Å²) in [6.45, 7) is 3.38. The van der Waals surface area contributed by atoms with E-state index in [-0.39, 0.29) is 0 Å². The van der Waals surface area contributed by atoms with Crippen molar-refractivity contribution in [2.24, 2.45) is 5.92 Å². The molecule has 0 bridgehead atoms. The average molecular weight is 490 g/mol. The van der Waals surface area contributed by atoms with Crippen LogP contribution in [0, 0.1) is 5.92 Å². The molecule has 178 valence electrons. The van der Waals surface area contributed by atoms with Crippen molar-refractivity contribution < 1.29 is 23.8 Å². The predicted octanol–water partition coefficient (Wildman–Crippen LogP) is 5.98. The molecule has 0 saturated carbocycles. The van der Waals surface area contributed by atoms with E-state index in [9.17, 15) is 9.59 Å². The summed E-state index contributed by atoms with van der Waals surface area (Å²) in [6.07, 6.45) is 1.83. The molecule has 4 aromatic rings. The highest BCUT2D eigenvalue weighted by atomic mass is 35.5. The largest absolute Gasteiger partial charge is 0.489 e. The SMILES string of the molecule is CC1(C)OC(=O)C([C@H](c2ccccc2OCc2ccc(Cl)cc2)c2c[nH]c3ccccc23)C(=O)O1. The first-order valence-corrected chi connectivity index (χ1v) is 11.7. The van der Waals surface area contributed by atoms with Crippen LogP contribution in [0.2, 0.25) is 5.02 Å². The van der Waals surface area contributed by atoms with Gasteiger partial charge in [0.05, 0.1) is 0 Å². The van der Waals surface area contributed by atoms with E-state index in [0.717, 1.165) is 22.0 Å². The number of esters is 2. The van der Waals surface area contributed by atoms with Crippen LogP contribution in [0.5, 0.6) is 5.75 Å². The Labute approximate surface area is 207 Å². The molecule has 1 N–H and O–H groups in total. The molecule has 1 aliphatic rings. The van der Waals surface area contributed by atoms with E-state index >= 15 is 0 Å². The number of cyclic esters (lactones) is 2. The molecule has 0 spiro atoms. The Kier molecular flexibility index (Phi) is 5.99. The van der Waals surface area contributed by atoms with Gasteiger partial charge >= 0.3 is 11.9 Å². The fourth-order valence-corrected chi connectivity index (χ4v) is 4.62. The van der Waals surface area contributed by atoms with Crippen molar-refractivity contribution in [3.63, 3.8) is 0 Å². The van der Waals surface area contributed by atoms with Crippen molar-refractivity contribution >= 4 is 34.4 Å². The first-order valence-electron chi connectivity index (χ1n) is 11.3. The number of hydrogen-bond donors (Lipinski definition) is 1. The minimum absolute atomic E-state index is 0.293. The molecular formula is C28H24ClNO5. The highest BCUT2D eigenvalue weighted by Gasteiger charge is 2.49. The number of benzene rings is 3. The zero-order valence-corrected chi connectivity index (χ0v) is 20.0. The minimum atomic E-state index is -1.32. The Morgan fingerprint density at radius 2 is 1.57 bits per heavy atom. The highest BCUT2D eigenvalue weighted by Crippen LogP contribution is 2.43. The van der Waals surface area contributed by atoms with Crippen molar-refractivity contribution in [2.75, 3.05) is 0 Å². The first kappa shape index (κ1) is 23.0. The standard InChI is InChI=1S/C28H24ClNO5/c1-28(2)34-26(31)25(27(32)35-28)24(21-15-30-22-9-5-3-7-19(21)22)20-8-4-6-10-23(20)33-16-17-11-13-18(29)14-12-17/h3-15,24-25,30H,16H2,1-2H3/t24-/m1/s1. The lowest BCUT2D eigenvalue weighted by molar-refractivity contribution is -0.240. The summed E-state index contributed by atoms with van der Waals surface area (Å²) in [7, 11) is 0. The molecule has 1 aliphatic heterocycles. The molecule has 1 aromatic heterocycles. The summed E-state index contributed by atoms with van der Waals surface area (Å²) in [4.78, 5) is 29.7. The lowest BCUT2D eigenvalue weighted by Gasteiger charge is -2.36. The number of aromatic amines is 1. The third kappa shape index (κ3) is 4.62. The summed E-state index contributed by atoms with van der Waals surface area (Å²) >= 11 is 6.00. The maximum atomic E-state index is 13.2. The van der Waals surface area contributed by atoms with Crippen LogP contribution in [0.25, 0.3) is 10.9 Å². The van der Waals surface area contributed by atoms with Crippen LogP contribution in [0.3, 0.4) is 0 Å². The zero-order valence-electron chi connectivity index (χ0n) is 19.3. The van der Waals surface area contributed by atoms with Crippen molar-refractivity contribution in [3.05, 3.63) is 101 Å². The van der Waals surface area contributed by atoms with E-state index in [1.165, 1.54) is 0 Å². The number of rotatable bonds is 6. The van der Waals surface area contributed by atoms with Gasteiger partial charge in [-0.15, -0.1) is 0 Å². The molecule has 7 heteroatoms. The van der Waals surface area contributed by atoms with Gasteiger partial charge in [-0.1, -0.05) is 60.1 Å². The van der Waals surface area contributed by atoms with Gasteiger partial charge in [-0.05, 0) is 35.4 Å². The van der Waals surface area contributed by atoms with Crippen LogP contribution in [-0.2, 0) is 25.7 Å². The molecule has 0 aliphatic carbocycles. The van der Waals surface area contributed by atoms with E-state index in [1.54, 1.807) is 26.0 Å². The Morgan fingerprint density at radius 3 is 2.31 bits per heavy atom. The number of carbonyl (C=O) groups is 2. The monoisotopic (exact) mass is 489 g/mol. The molecule has 35 heavy (non-hydrogen) atoms. The Balaban J connectivity index is 1.60. The van der Waals surface area contributed by atoms with Crippen LogP contribution in [0.1, 0.15) is 36.5 Å². The number of ether oxygens (including phenoxy) is 3. The third-order valence-corrected chi connectivity index (χ3v) is 6.30. The summed E-state index contributed by atoms with van der Waals surface area (Å²) in [5, 5.41) is 1.54. The fraction of sp³-hybridized carbons (Fsp3) is 0.214. The van der Waals surface area contributed by atoms with Gasteiger partial charge in [0.15, 0.2) is 5.92 Å². The van der Waals surface area contributed by atoms with E-state index in [2.05, 4.69) is 4.98 Å². The second-order valence-corrected chi connectivity index (χ2v) is 9.38. The summed E-state index contributed by atoms with van der Waals surface area (Å²) in [5.74, 6) is -3.91. The third-order valence-electron chi connectivity index (χ3n) is 6.05. The van der Waals surface area contributed by atoms with Crippen molar-refractivity contribution in [3.8, 4) is 5.75 Å². The van der Waals surface area contributed by atoms with Crippen LogP contribution >= 0.6 is 11.6 Å². The van der Waals surface area contributed by atoms with Crippen molar-refractivity contribution in [2.45, 2.75) is 32.2 Å². The van der Waals surface area contributed by atoms with Gasteiger partial charge in [-0.25, -0.2) is 0 Å². The number of halogens is 1. The Morgan fingerprint density at radius 1 is 0.914 bits per heavy atom. The van der Waals surface area contributed by atoms with Gasteiger partial charge in [0.1, 0.15) is 12.4 Å². The number of nitrogens with one attached hydrogen (secondary N) is 1. The molecule has 1 saturated heterocycles. The second-order valence-electron chi connectivity index (χ2n) is 8.94. The normalized spacial score (nSPS) is 16.5. The molecule has 0 amide bonds. The molecular weight excluding hydrogens is 466 g/mol. The highest BCUT2D eigenvalue weighted by molar-refractivity contribution is 6.30. The smallest absolute Gasteiger partial charge is 0.324 e. The van der Waals surface area contributed by atoms with E-state index in [0.29, 0.717) is 22.9 Å². The molecule has 2 heterocycles. The van der Waals surface area contributed by atoms with Crippen LogP contribution in [0.15, 0.2) is 79.0 Å².